The molecule has 1 aromatic rings. The summed E-state index contributed by atoms with van der Waals surface area (Å²) in [7, 11) is 0. The molecule has 102 valence electrons. The second-order valence-corrected chi connectivity index (χ2v) is 4.97. The molecule has 2 amide bonds. The van der Waals surface area contributed by atoms with E-state index in [2.05, 4.69) is 10.6 Å². The molecule has 4 nitrogen and oxygen atoms in total. The Bertz CT molecular complexity index is 503. The molecule has 2 heterocycles. The molecule has 0 radical (unpaired) electrons. The minimum absolute atomic E-state index is 0.161. The van der Waals surface area contributed by atoms with Crippen LogP contribution in [0.4, 0.5) is 13.6 Å². The summed E-state index contributed by atoms with van der Waals surface area (Å²) >= 11 is 0. The van der Waals surface area contributed by atoms with Crippen LogP contribution in [-0.2, 0) is 0 Å². The first-order valence-corrected chi connectivity index (χ1v) is 6.38. The van der Waals surface area contributed by atoms with Crippen LogP contribution in [0.25, 0.3) is 0 Å². The summed E-state index contributed by atoms with van der Waals surface area (Å²) < 4.78 is 26.6. The van der Waals surface area contributed by atoms with E-state index in [1.165, 1.54) is 12.1 Å². The Morgan fingerprint density at radius 1 is 1.32 bits per heavy atom. The van der Waals surface area contributed by atoms with Gasteiger partial charge in [0.05, 0.1) is 6.04 Å². The van der Waals surface area contributed by atoms with Crippen LogP contribution in [0.15, 0.2) is 18.2 Å². The second kappa shape index (κ2) is 4.77. The number of nitrogens with one attached hydrogen (secondary N) is 2. The first-order valence-electron chi connectivity index (χ1n) is 6.38. The molecular weight excluding hydrogens is 252 g/mol. The number of hydrogen-bond donors (Lipinski definition) is 2. The summed E-state index contributed by atoms with van der Waals surface area (Å²) in [5.74, 6) is -1.22. The first kappa shape index (κ1) is 12.3. The average Bonchev–Trinajstić information content (AvgIpc) is 2.98. The number of amides is 2. The molecule has 3 rings (SSSR count). The van der Waals surface area contributed by atoms with Crippen LogP contribution in [0.3, 0.4) is 0 Å². The van der Waals surface area contributed by atoms with Gasteiger partial charge >= 0.3 is 6.03 Å². The smallest absolute Gasteiger partial charge is 0.318 e. The molecule has 1 aromatic carbocycles. The Morgan fingerprint density at radius 3 is 2.84 bits per heavy atom. The van der Waals surface area contributed by atoms with E-state index in [-0.39, 0.29) is 12.1 Å². The Hall–Kier alpha value is -1.69. The van der Waals surface area contributed by atoms with Gasteiger partial charge in [0, 0.05) is 30.8 Å². The lowest BCUT2D eigenvalue weighted by Crippen LogP contribution is -2.39. The van der Waals surface area contributed by atoms with Gasteiger partial charge in [0.25, 0.3) is 0 Å². The van der Waals surface area contributed by atoms with Gasteiger partial charge in [-0.25, -0.2) is 13.6 Å². The van der Waals surface area contributed by atoms with Gasteiger partial charge in [-0.3, -0.25) is 0 Å². The van der Waals surface area contributed by atoms with Crippen molar-refractivity contribution in [1.82, 2.24) is 15.5 Å². The molecule has 2 atom stereocenters. The molecule has 0 spiro atoms. The van der Waals surface area contributed by atoms with E-state index in [0.717, 1.165) is 25.6 Å². The van der Waals surface area contributed by atoms with Gasteiger partial charge in [0.15, 0.2) is 0 Å². The third kappa shape index (κ3) is 2.28. The minimum Gasteiger partial charge on any atom is -0.329 e. The predicted octanol–water partition coefficient (Wildman–Crippen LogP) is 1.39. The van der Waals surface area contributed by atoms with Crippen molar-refractivity contribution >= 4 is 6.03 Å². The topological polar surface area (TPSA) is 44.4 Å². The second-order valence-electron chi connectivity index (χ2n) is 4.97. The number of rotatable bonds is 2. The Labute approximate surface area is 109 Å². The van der Waals surface area contributed by atoms with Crippen molar-refractivity contribution in [3.63, 3.8) is 0 Å². The van der Waals surface area contributed by atoms with Crippen LogP contribution in [0, 0.1) is 11.6 Å². The number of carbonyl (C=O) groups is 1. The monoisotopic (exact) mass is 267 g/mol. The van der Waals surface area contributed by atoms with Crippen LogP contribution in [0.5, 0.6) is 0 Å². The highest BCUT2D eigenvalue weighted by molar-refractivity contribution is 5.77. The maximum Gasteiger partial charge on any atom is 0.318 e. The van der Waals surface area contributed by atoms with Crippen molar-refractivity contribution < 1.29 is 13.6 Å². The van der Waals surface area contributed by atoms with Gasteiger partial charge in [-0.1, -0.05) is 6.07 Å². The van der Waals surface area contributed by atoms with E-state index in [4.69, 9.17) is 0 Å². The maximum atomic E-state index is 13.7. The Morgan fingerprint density at radius 2 is 2.16 bits per heavy atom. The van der Waals surface area contributed by atoms with E-state index in [0.29, 0.717) is 12.1 Å². The Balaban J connectivity index is 1.78. The molecule has 0 aromatic heterocycles. The van der Waals surface area contributed by atoms with E-state index >= 15 is 0 Å². The number of hydrogen-bond acceptors (Lipinski definition) is 2. The highest BCUT2D eigenvalue weighted by Crippen LogP contribution is 2.25. The van der Waals surface area contributed by atoms with Crippen LogP contribution in [-0.4, -0.2) is 36.6 Å². The van der Waals surface area contributed by atoms with Crippen LogP contribution < -0.4 is 10.6 Å². The normalized spacial score (nSPS) is 26.8. The summed E-state index contributed by atoms with van der Waals surface area (Å²) in [6.07, 6.45) is 0.909. The van der Waals surface area contributed by atoms with E-state index in [1.807, 2.05) is 0 Å². The van der Waals surface area contributed by atoms with Crippen molar-refractivity contribution in [2.45, 2.75) is 18.5 Å². The third-order valence-corrected chi connectivity index (χ3v) is 3.75. The van der Waals surface area contributed by atoms with Crippen LogP contribution >= 0.6 is 0 Å². The molecule has 2 N–H and O–H groups in total. The molecule has 0 saturated carbocycles. The quantitative estimate of drug-likeness (QED) is 0.850. The first-order chi connectivity index (χ1) is 9.15. The van der Waals surface area contributed by atoms with E-state index in [1.54, 1.807) is 4.90 Å². The fourth-order valence-corrected chi connectivity index (χ4v) is 2.74. The fourth-order valence-electron chi connectivity index (χ4n) is 2.74. The summed E-state index contributed by atoms with van der Waals surface area (Å²) in [6.45, 7) is 2.09. The zero-order valence-corrected chi connectivity index (χ0v) is 10.3. The number of urea groups is 1. The van der Waals surface area contributed by atoms with Gasteiger partial charge in [-0.05, 0) is 19.0 Å². The molecule has 0 bridgehead atoms. The van der Waals surface area contributed by atoms with E-state index < -0.39 is 17.7 Å². The van der Waals surface area contributed by atoms with Gasteiger partial charge in [-0.2, -0.15) is 0 Å². The van der Waals surface area contributed by atoms with Gasteiger partial charge in [0.1, 0.15) is 11.6 Å². The zero-order chi connectivity index (χ0) is 13.4. The number of halogens is 2. The predicted molar refractivity (Wildman–Crippen MR) is 65.6 cm³/mol. The summed E-state index contributed by atoms with van der Waals surface area (Å²) in [5.41, 5.74) is 0.336. The summed E-state index contributed by atoms with van der Waals surface area (Å²) in [4.78, 5) is 13.6. The lowest BCUT2D eigenvalue weighted by atomic mass is 10.1. The number of carbonyl (C=O) groups excluding carboxylic acids is 1. The summed E-state index contributed by atoms with van der Waals surface area (Å²) in [6, 6.07) is 3.03. The van der Waals surface area contributed by atoms with Crippen molar-refractivity contribution in [1.29, 1.82) is 0 Å². The molecule has 2 aliphatic rings. The lowest BCUT2D eigenvalue weighted by Gasteiger charge is -2.21. The van der Waals surface area contributed by atoms with Crippen LogP contribution in [0.1, 0.15) is 18.0 Å². The average molecular weight is 267 g/mol. The van der Waals surface area contributed by atoms with Crippen molar-refractivity contribution in [2.75, 3.05) is 19.6 Å². The van der Waals surface area contributed by atoms with E-state index in [9.17, 15) is 13.6 Å². The van der Waals surface area contributed by atoms with Gasteiger partial charge in [0.2, 0.25) is 0 Å². The lowest BCUT2D eigenvalue weighted by molar-refractivity contribution is 0.201. The SMILES string of the molecule is O=C1NC(c2ccc(F)cc2F)CN1C1CCNC1. The molecular formula is C13H15F2N3O. The molecule has 0 aliphatic carbocycles. The standard InChI is InChI=1S/C13H15F2N3O/c14-8-1-2-10(11(15)5-8)12-7-18(13(19)17-12)9-3-4-16-6-9/h1-2,5,9,12,16H,3-4,6-7H2,(H,17,19). The minimum atomic E-state index is -0.614. The molecule has 6 heteroatoms. The van der Waals surface area contributed by atoms with Crippen molar-refractivity contribution in [2.24, 2.45) is 0 Å². The molecule has 2 fully saturated rings. The van der Waals surface area contributed by atoms with Gasteiger partial charge < -0.3 is 15.5 Å². The maximum absolute atomic E-state index is 13.7. The highest BCUT2D eigenvalue weighted by Gasteiger charge is 2.36. The van der Waals surface area contributed by atoms with Crippen molar-refractivity contribution in [3.05, 3.63) is 35.4 Å². The zero-order valence-electron chi connectivity index (χ0n) is 10.3. The molecule has 2 unspecified atom stereocenters. The Kier molecular flexibility index (Phi) is 3.10. The number of nitrogens with zero attached hydrogens (tertiary/aromatic N) is 1. The third-order valence-electron chi connectivity index (χ3n) is 3.75. The van der Waals surface area contributed by atoms with Crippen LogP contribution in [0.2, 0.25) is 0 Å². The van der Waals surface area contributed by atoms with Crippen molar-refractivity contribution in [3.8, 4) is 0 Å². The molecule has 2 saturated heterocycles. The summed E-state index contributed by atoms with van der Waals surface area (Å²) in [5, 5.41) is 5.95. The number of benzene rings is 1. The largest absolute Gasteiger partial charge is 0.329 e. The molecule has 19 heavy (non-hydrogen) atoms. The van der Waals surface area contributed by atoms with Gasteiger partial charge in [-0.15, -0.1) is 0 Å². The highest BCUT2D eigenvalue weighted by atomic mass is 19.1. The fraction of sp³-hybridized carbons (Fsp3) is 0.462. The molecule has 2 aliphatic heterocycles.